The first-order valence-electron chi connectivity index (χ1n) is 5.27. The van der Waals surface area contributed by atoms with E-state index in [9.17, 15) is 9.90 Å². The van der Waals surface area contributed by atoms with Gasteiger partial charge < -0.3 is 19.5 Å². The number of benzene rings is 1. The Labute approximate surface area is 106 Å². The Morgan fingerprint density at radius 1 is 1.41 bits per heavy atom. The van der Waals surface area contributed by atoms with Crippen LogP contribution in [0.5, 0.6) is 5.75 Å². The van der Waals surface area contributed by atoms with Crippen molar-refractivity contribution in [3.05, 3.63) is 29.3 Å². The molecular weight excluding hydrogens is 242 g/mol. The molecule has 0 spiro atoms. The first-order chi connectivity index (χ1) is 7.99. The minimum Gasteiger partial charge on any atom is -0.546 e. The molecule has 0 heterocycles. The van der Waals surface area contributed by atoms with Gasteiger partial charge >= 0.3 is 0 Å². The predicted molar refractivity (Wildman–Crippen MR) is 64.0 cm³/mol. The van der Waals surface area contributed by atoms with Gasteiger partial charge in [0.2, 0.25) is 0 Å². The molecule has 1 rings (SSSR count). The fourth-order valence-electron chi connectivity index (χ4n) is 1.28. The Balaban J connectivity index is 2.60. The molecule has 0 saturated carbocycles. The largest absolute Gasteiger partial charge is 0.546 e. The Morgan fingerprint density at radius 2 is 2.00 bits per heavy atom. The van der Waals surface area contributed by atoms with Crippen molar-refractivity contribution < 1.29 is 14.6 Å². The zero-order valence-electron chi connectivity index (χ0n) is 9.85. The molecule has 1 aromatic carbocycles. The molecule has 0 bridgehead atoms. The van der Waals surface area contributed by atoms with Crippen molar-refractivity contribution in [3.8, 4) is 5.75 Å². The van der Waals surface area contributed by atoms with Crippen molar-refractivity contribution in [2.75, 3.05) is 20.6 Å². The Morgan fingerprint density at radius 3 is 2.47 bits per heavy atom. The average Bonchev–Trinajstić information content (AvgIpc) is 2.26. The van der Waals surface area contributed by atoms with Crippen LogP contribution in [-0.4, -0.2) is 37.6 Å². The second-order valence-corrected chi connectivity index (χ2v) is 4.41. The minimum atomic E-state index is -1.21. The lowest BCUT2D eigenvalue weighted by Crippen LogP contribution is -2.41. The molecule has 1 atom stereocenters. The molecule has 0 aliphatic rings. The second-order valence-electron chi connectivity index (χ2n) is 3.97. The molecule has 0 saturated heterocycles. The van der Waals surface area contributed by atoms with E-state index in [-0.39, 0.29) is 0 Å². The Kier molecular flexibility index (Phi) is 5.25. The molecule has 0 fully saturated rings. The van der Waals surface area contributed by atoms with Crippen molar-refractivity contribution >= 4 is 17.6 Å². The fourth-order valence-corrected chi connectivity index (χ4v) is 1.40. The van der Waals surface area contributed by atoms with Gasteiger partial charge in [0.15, 0.2) is 0 Å². The smallest absolute Gasteiger partial charge is 0.139 e. The molecule has 0 N–H and O–H groups in total. The maximum absolute atomic E-state index is 10.9. The average molecular weight is 257 g/mol. The van der Waals surface area contributed by atoms with E-state index in [4.69, 9.17) is 16.3 Å². The number of aliphatic carboxylic acids is 1. The number of nitrogens with zero attached hydrogens (tertiary/aromatic N) is 1. The summed E-state index contributed by atoms with van der Waals surface area (Å²) >= 11 is 5.72. The first-order valence-corrected chi connectivity index (χ1v) is 5.64. The van der Waals surface area contributed by atoms with Crippen LogP contribution in [0.4, 0.5) is 0 Å². The van der Waals surface area contributed by atoms with Crippen LogP contribution in [0.3, 0.4) is 0 Å². The Bertz CT molecular complexity index is 365. The van der Waals surface area contributed by atoms with Gasteiger partial charge in [0.25, 0.3) is 0 Å². The van der Waals surface area contributed by atoms with E-state index in [2.05, 4.69) is 0 Å². The molecule has 5 heteroatoms. The van der Waals surface area contributed by atoms with E-state index in [1.165, 1.54) is 0 Å². The van der Waals surface area contributed by atoms with Crippen molar-refractivity contribution in [2.24, 2.45) is 0 Å². The topological polar surface area (TPSA) is 52.6 Å². The van der Waals surface area contributed by atoms with E-state index in [0.29, 0.717) is 23.7 Å². The highest BCUT2D eigenvalue weighted by molar-refractivity contribution is 6.30. The number of hydrogen-bond acceptors (Lipinski definition) is 4. The number of halogens is 1. The van der Waals surface area contributed by atoms with Gasteiger partial charge in [-0.1, -0.05) is 11.6 Å². The number of rotatable bonds is 6. The number of carboxylic acids is 1. The third-order valence-corrected chi connectivity index (χ3v) is 2.45. The molecule has 1 aromatic rings. The molecule has 0 aliphatic carbocycles. The highest BCUT2D eigenvalue weighted by Gasteiger charge is 2.12. The number of carbonyl (C=O) groups excluding carboxylic acids is 1. The summed E-state index contributed by atoms with van der Waals surface area (Å²) in [6.07, 6.45) is -0.573. The molecule has 0 aliphatic heterocycles. The van der Waals surface area contributed by atoms with Crippen LogP contribution in [0.15, 0.2) is 24.3 Å². The summed E-state index contributed by atoms with van der Waals surface area (Å²) in [5.41, 5.74) is 0. The highest BCUT2D eigenvalue weighted by Crippen LogP contribution is 2.17. The maximum atomic E-state index is 10.9. The van der Waals surface area contributed by atoms with Crippen LogP contribution >= 0.6 is 11.6 Å². The van der Waals surface area contributed by atoms with Crippen LogP contribution in [0.2, 0.25) is 5.02 Å². The predicted octanol–water partition coefficient (Wildman–Crippen LogP) is 0.789. The van der Waals surface area contributed by atoms with E-state index in [0.717, 1.165) is 0 Å². The number of carbonyl (C=O) groups is 1. The number of ether oxygens (including phenoxy) is 1. The molecule has 94 valence electrons. The van der Waals surface area contributed by atoms with Gasteiger partial charge in [-0.15, -0.1) is 0 Å². The van der Waals surface area contributed by atoms with Crippen LogP contribution in [0.1, 0.15) is 6.42 Å². The van der Waals surface area contributed by atoms with Gasteiger partial charge in [0.1, 0.15) is 11.9 Å². The summed E-state index contributed by atoms with van der Waals surface area (Å²) < 4.78 is 5.33. The van der Waals surface area contributed by atoms with Gasteiger partial charge in [0, 0.05) is 18.0 Å². The highest BCUT2D eigenvalue weighted by atomic mass is 35.5. The lowest BCUT2D eigenvalue weighted by Gasteiger charge is -2.21. The molecular formula is C12H15ClNO3-. The second kappa shape index (κ2) is 6.47. The third kappa shape index (κ3) is 5.06. The summed E-state index contributed by atoms with van der Waals surface area (Å²) in [5, 5.41) is 11.5. The van der Waals surface area contributed by atoms with Crippen molar-refractivity contribution in [1.29, 1.82) is 0 Å². The molecule has 1 unspecified atom stereocenters. The normalized spacial score (nSPS) is 12.5. The summed E-state index contributed by atoms with van der Waals surface area (Å²) in [5.74, 6) is -0.732. The zero-order chi connectivity index (χ0) is 12.8. The van der Waals surface area contributed by atoms with Gasteiger partial charge in [-0.05, 0) is 38.4 Å². The lowest BCUT2D eigenvalue weighted by atomic mass is 10.2. The van der Waals surface area contributed by atoms with E-state index in [1.807, 2.05) is 19.0 Å². The van der Waals surface area contributed by atoms with Crippen LogP contribution < -0.4 is 9.84 Å². The summed E-state index contributed by atoms with van der Waals surface area (Å²) in [6.45, 7) is 0.617. The van der Waals surface area contributed by atoms with Gasteiger partial charge in [0.05, 0.1) is 5.97 Å². The number of hydrogen-bond donors (Lipinski definition) is 0. The quantitative estimate of drug-likeness (QED) is 0.755. The van der Waals surface area contributed by atoms with Crippen molar-refractivity contribution in [1.82, 2.24) is 4.90 Å². The van der Waals surface area contributed by atoms with E-state index >= 15 is 0 Å². The van der Waals surface area contributed by atoms with Crippen LogP contribution in [0.25, 0.3) is 0 Å². The number of carboxylic acid groups (broad SMARTS) is 1. The lowest BCUT2D eigenvalue weighted by molar-refractivity contribution is -0.313. The van der Waals surface area contributed by atoms with E-state index in [1.54, 1.807) is 24.3 Å². The summed E-state index contributed by atoms with van der Waals surface area (Å²) in [7, 11) is 3.74. The maximum Gasteiger partial charge on any atom is 0.139 e. The molecule has 17 heavy (non-hydrogen) atoms. The summed E-state index contributed by atoms with van der Waals surface area (Å²) in [6, 6.07) is 6.56. The SMILES string of the molecule is CN(C)CCC(Oc1ccc(Cl)cc1)C(=O)[O-]. The van der Waals surface area contributed by atoms with Crippen molar-refractivity contribution in [3.63, 3.8) is 0 Å². The monoisotopic (exact) mass is 256 g/mol. The first kappa shape index (κ1) is 13.8. The van der Waals surface area contributed by atoms with Crippen molar-refractivity contribution in [2.45, 2.75) is 12.5 Å². The van der Waals surface area contributed by atoms with Gasteiger partial charge in [-0.2, -0.15) is 0 Å². The molecule has 0 aromatic heterocycles. The zero-order valence-corrected chi connectivity index (χ0v) is 10.6. The van der Waals surface area contributed by atoms with Gasteiger partial charge in [-0.3, -0.25) is 0 Å². The molecule has 0 radical (unpaired) electrons. The fraction of sp³-hybridized carbons (Fsp3) is 0.417. The molecule has 0 amide bonds. The van der Waals surface area contributed by atoms with Crippen LogP contribution in [-0.2, 0) is 4.79 Å². The van der Waals surface area contributed by atoms with Gasteiger partial charge in [-0.25, -0.2) is 0 Å². The van der Waals surface area contributed by atoms with Crippen LogP contribution in [0, 0.1) is 0 Å². The minimum absolute atomic E-state index is 0.373. The Hall–Kier alpha value is -1.26. The summed E-state index contributed by atoms with van der Waals surface area (Å²) in [4.78, 5) is 12.8. The molecule has 4 nitrogen and oxygen atoms in total. The van der Waals surface area contributed by atoms with E-state index < -0.39 is 12.1 Å². The third-order valence-electron chi connectivity index (χ3n) is 2.19. The standard InChI is InChI=1S/C12H16ClNO3/c1-14(2)8-7-11(12(15)16)17-10-5-3-9(13)4-6-10/h3-6,11H,7-8H2,1-2H3,(H,15,16)/p-1.